The summed E-state index contributed by atoms with van der Waals surface area (Å²) in [4.78, 5) is 13.8. The first-order valence-corrected chi connectivity index (χ1v) is 16.2. The van der Waals surface area contributed by atoms with Gasteiger partial charge < -0.3 is 14.0 Å². The van der Waals surface area contributed by atoms with Gasteiger partial charge in [-0.2, -0.15) is 0 Å². The number of nitrogens with zero attached hydrogens (tertiary/aromatic N) is 1. The van der Waals surface area contributed by atoms with E-state index in [1.165, 1.54) is 28.6 Å². The average molecular weight is 590 g/mol. The zero-order valence-corrected chi connectivity index (χ0v) is 29.5. The van der Waals surface area contributed by atoms with Crippen LogP contribution in [0.5, 0.6) is 5.75 Å². The van der Waals surface area contributed by atoms with Crippen molar-refractivity contribution in [1.29, 1.82) is 0 Å². The molecule has 2 aromatic carbocycles. The second-order valence-electron chi connectivity index (χ2n) is 16.8. The molecule has 0 amide bonds. The molecule has 4 heteroatoms. The summed E-state index contributed by atoms with van der Waals surface area (Å²) >= 11 is 0. The molecule has 1 unspecified atom stereocenters. The smallest absolute Gasteiger partial charge is 0.312 e. The van der Waals surface area contributed by atoms with Crippen molar-refractivity contribution in [3.8, 4) is 17.0 Å². The Morgan fingerprint density at radius 2 is 1.42 bits per heavy atom. The molecule has 1 heterocycles. The number of aromatic nitrogens is 1. The zero-order valence-electron chi connectivity index (χ0n) is 29.5. The Hall–Kier alpha value is -2.75. The van der Waals surface area contributed by atoms with Gasteiger partial charge in [-0.1, -0.05) is 85.7 Å². The molecular formula is C39H59NO3. The number of carbonyl (C=O) groups is 1. The number of hydrogen-bond acceptors (Lipinski definition) is 3. The molecule has 0 saturated carbocycles. The molecule has 3 rings (SSSR count). The lowest BCUT2D eigenvalue weighted by Gasteiger charge is -2.45. The summed E-state index contributed by atoms with van der Waals surface area (Å²) in [7, 11) is 0. The van der Waals surface area contributed by atoms with Crippen LogP contribution in [-0.4, -0.2) is 21.7 Å². The Bertz CT molecular complexity index is 1370. The SMILES string of the molecule is CC(C)CCCn1c(-c2ccccc2)cc2ccc(OC(C)(C)CC(C)(C)OC(=O)C(C)(CC(C)(C)C)C(C)(C)C)cc21. The monoisotopic (exact) mass is 589 g/mol. The number of ether oxygens (including phenoxy) is 2. The molecule has 0 bridgehead atoms. The predicted molar refractivity (Wildman–Crippen MR) is 183 cm³/mol. The summed E-state index contributed by atoms with van der Waals surface area (Å²) in [6.45, 7) is 28.7. The third kappa shape index (κ3) is 9.13. The second kappa shape index (κ2) is 12.7. The van der Waals surface area contributed by atoms with Crippen LogP contribution in [0.4, 0.5) is 0 Å². The number of hydrogen-bond donors (Lipinski definition) is 0. The van der Waals surface area contributed by atoms with E-state index in [0.717, 1.165) is 25.1 Å². The van der Waals surface area contributed by atoms with Gasteiger partial charge in [-0.15, -0.1) is 0 Å². The maximum absolute atomic E-state index is 13.8. The predicted octanol–water partition coefficient (Wildman–Crippen LogP) is 11.1. The van der Waals surface area contributed by atoms with Crippen LogP contribution < -0.4 is 4.74 Å². The summed E-state index contributed by atoms with van der Waals surface area (Å²) < 4.78 is 15.4. The molecule has 0 saturated heterocycles. The number of aryl methyl sites for hydroxylation is 1. The quantitative estimate of drug-likeness (QED) is 0.197. The van der Waals surface area contributed by atoms with Gasteiger partial charge in [-0.25, -0.2) is 0 Å². The minimum atomic E-state index is -0.702. The normalized spacial score (nSPS) is 14.7. The van der Waals surface area contributed by atoms with Crippen molar-refractivity contribution in [3.63, 3.8) is 0 Å². The molecule has 0 N–H and O–H groups in total. The maximum atomic E-state index is 13.8. The fourth-order valence-electron chi connectivity index (χ4n) is 6.53. The van der Waals surface area contributed by atoms with Gasteiger partial charge in [-0.05, 0) is 94.4 Å². The Labute approximate surface area is 262 Å². The van der Waals surface area contributed by atoms with Crippen molar-refractivity contribution < 1.29 is 14.3 Å². The molecule has 1 atom stereocenters. The van der Waals surface area contributed by atoms with Crippen molar-refractivity contribution in [2.24, 2.45) is 22.2 Å². The molecular weight excluding hydrogens is 530 g/mol. The Morgan fingerprint density at radius 1 is 0.791 bits per heavy atom. The third-order valence-corrected chi connectivity index (χ3v) is 8.71. The lowest BCUT2D eigenvalue weighted by molar-refractivity contribution is -0.181. The molecule has 3 aromatic rings. The number of benzene rings is 2. The molecule has 238 valence electrons. The molecule has 1 aromatic heterocycles. The van der Waals surface area contributed by atoms with E-state index in [9.17, 15) is 4.79 Å². The highest BCUT2D eigenvalue weighted by molar-refractivity contribution is 5.88. The van der Waals surface area contributed by atoms with Gasteiger partial charge in [0, 0.05) is 30.1 Å². The zero-order chi connectivity index (χ0) is 32.4. The molecule has 4 nitrogen and oxygen atoms in total. The Balaban J connectivity index is 1.86. The van der Waals surface area contributed by atoms with E-state index >= 15 is 0 Å². The lowest BCUT2D eigenvalue weighted by atomic mass is 9.61. The first kappa shape index (κ1) is 34.7. The number of esters is 1. The van der Waals surface area contributed by atoms with Crippen molar-refractivity contribution in [3.05, 3.63) is 54.6 Å². The minimum Gasteiger partial charge on any atom is -0.488 e. The number of carbonyl (C=O) groups excluding carboxylic acids is 1. The Morgan fingerprint density at radius 3 is 1.98 bits per heavy atom. The van der Waals surface area contributed by atoms with Crippen LogP contribution in [0.15, 0.2) is 54.6 Å². The van der Waals surface area contributed by atoms with E-state index in [4.69, 9.17) is 9.47 Å². The number of fused-ring (bicyclic) bond motifs is 1. The fraction of sp³-hybridized carbons (Fsp3) is 0.615. The van der Waals surface area contributed by atoms with E-state index in [2.05, 4.69) is 135 Å². The van der Waals surface area contributed by atoms with E-state index in [-0.39, 0.29) is 16.8 Å². The van der Waals surface area contributed by atoms with Gasteiger partial charge in [-0.3, -0.25) is 4.79 Å². The molecule has 0 aliphatic heterocycles. The summed E-state index contributed by atoms with van der Waals surface area (Å²) in [6.07, 6.45) is 3.62. The van der Waals surface area contributed by atoms with Crippen molar-refractivity contribution >= 4 is 16.9 Å². The third-order valence-electron chi connectivity index (χ3n) is 8.71. The van der Waals surface area contributed by atoms with E-state index in [0.29, 0.717) is 12.3 Å². The molecule has 0 aliphatic carbocycles. The molecule has 0 spiro atoms. The van der Waals surface area contributed by atoms with Crippen molar-refractivity contribution in [2.45, 2.75) is 133 Å². The van der Waals surface area contributed by atoms with Gasteiger partial charge >= 0.3 is 5.97 Å². The van der Waals surface area contributed by atoms with Crippen LogP contribution in [0.3, 0.4) is 0 Å². The molecule has 43 heavy (non-hydrogen) atoms. The first-order valence-electron chi connectivity index (χ1n) is 16.2. The molecule has 0 radical (unpaired) electrons. The average Bonchev–Trinajstić information content (AvgIpc) is 3.19. The lowest BCUT2D eigenvalue weighted by Crippen LogP contribution is -2.48. The van der Waals surface area contributed by atoms with Crippen LogP contribution in [-0.2, 0) is 16.1 Å². The maximum Gasteiger partial charge on any atom is 0.312 e. The van der Waals surface area contributed by atoms with Gasteiger partial charge in [0.2, 0.25) is 0 Å². The van der Waals surface area contributed by atoms with Gasteiger partial charge in [0.1, 0.15) is 17.0 Å². The van der Waals surface area contributed by atoms with Crippen LogP contribution in [0.2, 0.25) is 0 Å². The summed E-state index contributed by atoms with van der Waals surface area (Å²) in [5.41, 5.74) is 1.53. The van der Waals surface area contributed by atoms with E-state index < -0.39 is 16.6 Å². The molecule has 0 aliphatic rings. The Kier molecular flexibility index (Phi) is 10.3. The van der Waals surface area contributed by atoms with Crippen molar-refractivity contribution in [2.75, 3.05) is 0 Å². The van der Waals surface area contributed by atoms with Crippen LogP contribution in [0.1, 0.15) is 116 Å². The minimum absolute atomic E-state index is 0.000946. The highest BCUT2D eigenvalue weighted by atomic mass is 16.6. The van der Waals surface area contributed by atoms with E-state index in [1.807, 2.05) is 13.8 Å². The van der Waals surface area contributed by atoms with Gasteiger partial charge in [0.05, 0.1) is 10.9 Å². The van der Waals surface area contributed by atoms with Gasteiger partial charge in [0.15, 0.2) is 0 Å². The topological polar surface area (TPSA) is 40.5 Å². The van der Waals surface area contributed by atoms with E-state index in [1.54, 1.807) is 0 Å². The van der Waals surface area contributed by atoms with Gasteiger partial charge in [0.25, 0.3) is 0 Å². The largest absolute Gasteiger partial charge is 0.488 e. The highest BCUT2D eigenvalue weighted by Gasteiger charge is 2.49. The van der Waals surface area contributed by atoms with Crippen LogP contribution >= 0.6 is 0 Å². The highest BCUT2D eigenvalue weighted by Crippen LogP contribution is 2.48. The fourth-order valence-corrected chi connectivity index (χ4v) is 6.53. The molecule has 0 fully saturated rings. The summed E-state index contributed by atoms with van der Waals surface area (Å²) in [6, 6.07) is 19.3. The van der Waals surface area contributed by atoms with Crippen LogP contribution in [0.25, 0.3) is 22.2 Å². The summed E-state index contributed by atoms with van der Waals surface area (Å²) in [5, 5.41) is 1.21. The van der Waals surface area contributed by atoms with Crippen LogP contribution in [0, 0.1) is 22.2 Å². The standard InChI is InChI=1S/C39H59NO3/c1-28(2)18-17-23-40-32(29-19-15-14-16-20-29)24-30-21-22-31(25-33(30)40)42-37(9,10)27-38(11,12)43-34(41)39(13,36(6,7)8)26-35(3,4)5/h14-16,19-22,24-25,28H,17-18,23,26-27H2,1-13H3. The first-order chi connectivity index (χ1) is 19.6. The number of rotatable bonds is 12. The summed E-state index contributed by atoms with van der Waals surface area (Å²) in [5.74, 6) is 1.37. The van der Waals surface area contributed by atoms with Crippen molar-refractivity contribution in [1.82, 2.24) is 4.57 Å². The second-order valence-corrected chi connectivity index (χ2v) is 16.8.